The summed E-state index contributed by atoms with van der Waals surface area (Å²) >= 11 is 0. The van der Waals surface area contributed by atoms with Crippen LogP contribution < -0.4 is 20.4 Å². The van der Waals surface area contributed by atoms with Crippen LogP contribution in [0.3, 0.4) is 0 Å². The number of anilines is 4. The van der Waals surface area contributed by atoms with Crippen LogP contribution in [0, 0.1) is 0 Å². The van der Waals surface area contributed by atoms with E-state index >= 15 is 0 Å². The predicted molar refractivity (Wildman–Crippen MR) is 125 cm³/mol. The van der Waals surface area contributed by atoms with Crippen molar-refractivity contribution in [2.45, 2.75) is 25.8 Å². The minimum Gasteiger partial charge on any atom is -0.382 e. The Balaban J connectivity index is 1.74. The highest BCUT2D eigenvalue weighted by Crippen LogP contribution is 2.33. The molecule has 8 heteroatoms. The van der Waals surface area contributed by atoms with Gasteiger partial charge in [-0.15, -0.1) is 0 Å². The minimum atomic E-state index is -0.273. The first-order valence-corrected chi connectivity index (χ1v) is 10.4. The van der Waals surface area contributed by atoms with E-state index in [1.54, 1.807) is 17.3 Å². The molecule has 1 aliphatic rings. The Kier molecular flexibility index (Phi) is 5.97. The Bertz CT molecular complexity index is 1050. The van der Waals surface area contributed by atoms with E-state index in [0.717, 1.165) is 42.0 Å². The molecule has 3 heterocycles. The van der Waals surface area contributed by atoms with Crippen LogP contribution in [0.5, 0.6) is 0 Å². The number of aromatic nitrogens is 3. The highest BCUT2D eigenvalue weighted by atomic mass is 16.2. The van der Waals surface area contributed by atoms with Gasteiger partial charge in [-0.1, -0.05) is 12.1 Å². The van der Waals surface area contributed by atoms with Crippen LogP contribution in [-0.4, -0.2) is 47.7 Å². The number of pyridine rings is 1. The average molecular weight is 418 g/mol. The van der Waals surface area contributed by atoms with Gasteiger partial charge in [-0.2, -0.15) is 0 Å². The summed E-state index contributed by atoms with van der Waals surface area (Å²) in [6, 6.07) is 11.9. The average Bonchev–Trinajstić information content (AvgIpc) is 2.77. The highest BCUT2D eigenvalue weighted by molar-refractivity contribution is 6.03. The molecule has 160 valence electrons. The molecule has 0 aliphatic carbocycles. The van der Waals surface area contributed by atoms with E-state index in [9.17, 15) is 4.79 Å². The van der Waals surface area contributed by atoms with Crippen molar-refractivity contribution in [1.29, 1.82) is 0 Å². The van der Waals surface area contributed by atoms with Crippen LogP contribution in [0.15, 0.2) is 55.0 Å². The molecule has 0 bridgehead atoms. The van der Waals surface area contributed by atoms with Crippen LogP contribution in [0.4, 0.5) is 27.8 Å². The van der Waals surface area contributed by atoms with Gasteiger partial charge in [0.2, 0.25) is 0 Å². The summed E-state index contributed by atoms with van der Waals surface area (Å²) in [5.41, 5.74) is 3.75. The van der Waals surface area contributed by atoms with E-state index in [-0.39, 0.29) is 12.1 Å². The van der Waals surface area contributed by atoms with E-state index in [1.165, 1.54) is 6.20 Å². The van der Waals surface area contributed by atoms with E-state index in [4.69, 9.17) is 4.98 Å². The van der Waals surface area contributed by atoms with Gasteiger partial charge in [0.05, 0.1) is 17.6 Å². The molecule has 1 atom stereocenters. The molecule has 0 radical (unpaired) electrons. The van der Waals surface area contributed by atoms with Crippen molar-refractivity contribution in [3.05, 3.63) is 55.0 Å². The SMILES string of the molecule is C[C@@H]1CCCNc2ccc(-c3cccc(N(C)C)c3)nc2N1C(=O)Nc1cnccn1. The number of nitrogens with one attached hydrogen (secondary N) is 2. The molecule has 2 amide bonds. The summed E-state index contributed by atoms with van der Waals surface area (Å²) in [5.74, 6) is 1.02. The third-order valence-corrected chi connectivity index (χ3v) is 5.33. The van der Waals surface area contributed by atoms with Crippen molar-refractivity contribution < 1.29 is 4.79 Å². The summed E-state index contributed by atoms with van der Waals surface area (Å²) < 4.78 is 0. The molecule has 0 saturated carbocycles. The Hall–Kier alpha value is -3.68. The number of fused-ring (bicyclic) bond motifs is 1. The molecule has 1 aromatic carbocycles. The van der Waals surface area contributed by atoms with E-state index in [1.807, 2.05) is 45.3 Å². The number of amides is 2. The minimum absolute atomic E-state index is 0.0200. The Morgan fingerprint density at radius 3 is 2.87 bits per heavy atom. The highest BCUT2D eigenvalue weighted by Gasteiger charge is 2.28. The van der Waals surface area contributed by atoms with Gasteiger partial charge in [0, 0.05) is 50.3 Å². The Morgan fingerprint density at radius 1 is 1.23 bits per heavy atom. The smallest absolute Gasteiger partial charge is 0.329 e. The van der Waals surface area contributed by atoms with Gasteiger partial charge in [0.25, 0.3) is 0 Å². The number of benzene rings is 1. The predicted octanol–water partition coefficient (Wildman–Crippen LogP) is 4.24. The third kappa shape index (κ3) is 4.58. The number of carbonyl (C=O) groups is 1. The molecule has 4 rings (SSSR count). The number of carbonyl (C=O) groups excluding carboxylic acids is 1. The fraction of sp³-hybridized carbons (Fsp3) is 0.304. The van der Waals surface area contributed by atoms with Crippen molar-refractivity contribution >= 4 is 29.0 Å². The molecular formula is C23H27N7O. The second kappa shape index (κ2) is 8.99. The number of hydrogen-bond donors (Lipinski definition) is 2. The van der Waals surface area contributed by atoms with Gasteiger partial charge < -0.3 is 10.2 Å². The van der Waals surface area contributed by atoms with Gasteiger partial charge in [0.1, 0.15) is 0 Å². The quantitative estimate of drug-likeness (QED) is 0.663. The van der Waals surface area contributed by atoms with Crippen molar-refractivity contribution in [2.75, 3.05) is 41.1 Å². The second-order valence-corrected chi connectivity index (χ2v) is 7.82. The first-order valence-electron chi connectivity index (χ1n) is 10.4. The largest absolute Gasteiger partial charge is 0.382 e. The molecule has 0 fully saturated rings. The third-order valence-electron chi connectivity index (χ3n) is 5.33. The van der Waals surface area contributed by atoms with Crippen molar-refractivity contribution in [3.63, 3.8) is 0 Å². The van der Waals surface area contributed by atoms with Crippen molar-refractivity contribution in [3.8, 4) is 11.3 Å². The van der Waals surface area contributed by atoms with Gasteiger partial charge >= 0.3 is 6.03 Å². The topological polar surface area (TPSA) is 86.3 Å². The fourth-order valence-corrected chi connectivity index (χ4v) is 3.66. The van der Waals surface area contributed by atoms with Gasteiger partial charge in [0.15, 0.2) is 11.6 Å². The maximum atomic E-state index is 13.3. The first-order chi connectivity index (χ1) is 15.0. The standard InChI is InChI=1S/C23H27N7O/c1-16-6-5-11-25-20-10-9-19(17-7-4-8-18(14-17)29(2)3)27-22(20)30(16)23(31)28-21-15-24-12-13-26-21/h4,7-10,12-16,25H,5-6,11H2,1-3H3,(H,26,28,31)/t16-/m1/s1. The molecule has 0 saturated heterocycles. The maximum absolute atomic E-state index is 13.3. The molecule has 31 heavy (non-hydrogen) atoms. The lowest BCUT2D eigenvalue weighted by Crippen LogP contribution is -2.43. The van der Waals surface area contributed by atoms with E-state index in [0.29, 0.717) is 11.6 Å². The van der Waals surface area contributed by atoms with Crippen LogP contribution in [0.2, 0.25) is 0 Å². The Labute approximate surface area is 182 Å². The van der Waals surface area contributed by atoms with Crippen LogP contribution in [0.25, 0.3) is 11.3 Å². The molecule has 1 aliphatic heterocycles. The molecular weight excluding hydrogens is 390 g/mol. The normalized spacial score (nSPS) is 15.8. The molecule has 0 unspecified atom stereocenters. The lowest BCUT2D eigenvalue weighted by Gasteiger charge is -2.32. The fourth-order valence-electron chi connectivity index (χ4n) is 3.66. The number of nitrogens with zero attached hydrogens (tertiary/aromatic N) is 5. The van der Waals surface area contributed by atoms with E-state index < -0.39 is 0 Å². The zero-order valence-electron chi connectivity index (χ0n) is 18.0. The van der Waals surface area contributed by atoms with Crippen molar-refractivity contribution in [2.24, 2.45) is 0 Å². The summed E-state index contributed by atoms with van der Waals surface area (Å²) in [4.78, 5) is 30.2. The monoisotopic (exact) mass is 417 g/mol. The summed E-state index contributed by atoms with van der Waals surface area (Å²) in [5, 5.41) is 6.28. The maximum Gasteiger partial charge on any atom is 0.329 e. The molecule has 0 spiro atoms. The van der Waals surface area contributed by atoms with Crippen molar-refractivity contribution in [1.82, 2.24) is 15.0 Å². The summed E-state index contributed by atoms with van der Waals surface area (Å²) in [6.45, 7) is 2.89. The van der Waals surface area contributed by atoms with Crippen LogP contribution in [0.1, 0.15) is 19.8 Å². The lowest BCUT2D eigenvalue weighted by molar-refractivity contribution is 0.254. The van der Waals surface area contributed by atoms with Crippen LogP contribution >= 0.6 is 0 Å². The molecule has 8 nitrogen and oxygen atoms in total. The molecule has 2 aromatic heterocycles. The first kappa shape index (κ1) is 20.6. The van der Waals surface area contributed by atoms with Gasteiger partial charge in [-0.3, -0.25) is 15.2 Å². The van der Waals surface area contributed by atoms with Gasteiger partial charge in [-0.05, 0) is 44.0 Å². The second-order valence-electron chi connectivity index (χ2n) is 7.82. The molecule has 2 N–H and O–H groups in total. The summed E-state index contributed by atoms with van der Waals surface area (Å²) in [6.07, 6.45) is 6.48. The van der Waals surface area contributed by atoms with E-state index in [2.05, 4.69) is 37.6 Å². The number of rotatable bonds is 3. The zero-order chi connectivity index (χ0) is 21.8. The molecule has 3 aromatic rings. The summed E-state index contributed by atoms with van der Waals surface area (Å²) in [7, 11) is 4.02. The number of hydrogen-bond acceptors (Lipinski definition) is 6. The lowest BCUT2D eigenvalue weighted by atomic mass is 10.1. The van der Waals surface area contributed by atoms with Crippen LogP contribution in [-0.2, 0) is 0 Å². The zero-order valence-corrected chi connectivity index (χ0v) is 18.0. The number of urea groups is 1. The Morgan fingerprint density at radius 2 is 2.10 bits per heavy atom. The van der Waals surface area contributed by atoms with Gasteiger partial charge in [-0.25, -0.2) is 14.8 Å².